The van der Waals surface area contributed by atoms with E-state index in [1.807, 2.05) is 27.7 Å². The third-order valence-corrected chi connectivity index (χ3v) is 2.68. The van der Waals surface area contributed by atoms with Crippen molar-refractivity contribution in [2.45, 2.75) is 39.8 Å². The third-order valence-electron chi connectivity index (χ3n) is 2.68. The van der Waals surface area contributed by atoms with Crippen molar-refractivity contribution in [3.63, 3.8) is 0 Å². The summed E-state index contributed by atoms with van der Waals surface area (Å²) < 4.78 is 5.66. The zero-order valence-corrected chi connectivity index (χ0v) is 13.7. The van der Waals surface area contributed by atoms with Gasteiger partial charge in [0.2, 0.25) is 11.9 Å². The van der Waals surface area contributed by atoms with Gasteiger partial charge in [-0.2, -0.15) is 15.0 Å². The van der Waals surface area contributed by atoms with E-state index in [0.717, 1.165) is 6.29 Å². The Kier molecular flexibility index (Phi) is 5.46. The highest BCUT2D eigenvalue weighted by Crippen LogP contribution is 2.20. The summed E-state index contributed by atoms with van der Waals surface area (Å²) in [6.07, 6.45) is 0.780. The van der Waals surface area contributed by atoms with Crippen LogP contribution in [0.3, 0.4) is 0 Å². The van der Waals surface area contributed by atoms with E-state index in [1.165, 1.54) is 0 Å². The van der Waals surface area contributed by atoms with E-state index in [-0.39, 0.29) is 18.1 Å². The smallest absolute Gasteiger partial charge is 0.328 e. The number of hydrogen-bond acceptors (Lipinski definition) is 7. The molecule has 2 aromatic rings. The zero-order chi connectivity index (χ0) is 16.8. The molecule has 0 atom stereocenters. The SMILES string of the molecule is CC(C)Nc1nc(NC(C)C)nc(Oc2ccc(C=O)cc2)n1. The van der Waals surface area contributed by atoms with Gasteiger partial charge in [0.15, 0.2) is 0 Å². The maximum absolute atomic E-state index is 10.7. The molecule has 0 saturated heterocycles. The lowest BCUT2D eigenvalue weighted by Gasteiger charge is -2.13. The molecular formula is C16H21N5O2. The predicted molar refractivity (Wildman–Crippen MR) is 89.2 cm³/mol. The Morgan fingerprint density at radius 3 is 1.87 bits per heavy atom. The van der Waals surface area contributed by atoms with Crippen molar-refractivity contribution < 1.29 is 9.53 Å². The van der Waals surface area contributed by atoms with Crippen LogP contribution in [0.25, 0.3) is 0 Å². The maximum atomic E-state index is 10.7. The highest BCUT2D eigenvalue weighted by atomic mass is 16.5. The van der Waals surface area contributed by atoms with E-state index in [1.54, 1.807) is 24.3 Å². The molecule has 7 nitrogen and oxygen atoms in total. The minimum Gasteiger partial charge on any atom is -0.424 e. The van der Waals surface area contributed by atoms with Crippen molar-refractivity contribution in [1.82, 2.24) is 15.0 Å². The lowest BCUT2D eigenvalue weighted by Crippen LogP contribution is -2.17. The molecule has 1 heterocycles. The third kappa shape index (κ3) is 5.21. The fourth-order valence-electron chi connectivity index (χ4n) is 1.77. The zero-order valence-electron chi connectivity index (χ0n) is 13.7. The fraction of sp³-hybridized carbons (Fsp3) is 0.375. The molecule has 1 aromatic heterocycles. The van der Waals surface area contributed by atoms with Crippen LogP contribution in [0.15, 0.2) is 24.3 Å². The first-order valence-corrected chi connectivity index (χ1v) is 7.48. The van der Waals surface area contributed by atoms with E-state index in [0.29, 0.717) is 23.2 Å². The van der Waals surface area contributed by atoms with Crippen LogP contribution < -0.4 is 15.4 Å². The Hall–Kier alpha value is -2.70. The van der Waals surface area contributed by atoms with Crippen molar-refractivity contribution in [3.8, 4) is 11.8 Å². The number of aromatic nitrogens is 3. The number of ether oxygens (including phenoxy) is 1. The Morgan fingerprint density at radius 2 is 1.43 bits per heavy atom. The van der Waals surface area contributed by atoms with Crippen LogP contribution in [-0.2, 0) is 0 Å². The summed E-state index contributed by atoms with van der Waals surface area (Å²) in [5.74, 6) is 1.43. The van der Waals surface area contributed by atoms with Crippen LogP contribution in [-0.4, -0.2) is 33.3 Å². The van der Waals surface area contributed by atoms with Crippen molar-refractivity contribution in [2.75, 3.05) is 10.6 Å². The molecule has 0 bridgehead atoms. The number of benzene rings is 1. The second-order valence-electron chi connectivity index (χ2n) is 5.65. The molecule has 0 aliphatic heterocycles. The Bertz CT molecular complexity index is 628. The highest BCUT2D eigenvalue weighted by molar-refractivity contribution is 5.74. The molecule has 0 radical (unpaired) electrons. The number of carbonyl (C=O) groups is 1. The molecule has 23 heavy (non-hydrogen) atoms. The fourth-order valence-corrected chi connectivity index (χ4v) is 1.77. The highest BCUT2D eigenvalue weighted by Gasteiger charge is 2.10. The molecule has 122 valence electrons. The molecule has 2 rings (SSSR count). The van der Waals surface area contributed by atoms with Crippen LogP contribution in [0.4, 0.5) is 11.9 Å². The lowest BCUT2D eigenvalue weighted by molar-refractivity contribution is 0.112. The monoisotopic (exact) mass is 315 g/mol. The van der Waals surface area contributed by atoms with Crippen molar-refractivity contribution >= 4 is 18.2 Å². The predicted octanol–water partition coefficient (Wildman–Crippen LogP) is 3.12. The van der Waals surface area contributed by atoms with E-state index >= 15 is 0 Å². The Morgan fingerprint density at radius 1 is 0.913 bits per heavy atom. The molecular weight excluding hydrogens is 294 g/mol. The second kappa shape index (κ2) is 7.53. The first-order valence-electron chi connectivity index (χ1n) is 7.48. The summed E-state index contributed by atoms with van der Waals surface area (Å²) in [6, 6.07) is 7.28. The summed E-state index contributed by atoms with van der Waals surface area (Å²) in [5, 5.41) is 6.27. The van der Waals surface area contributed by atoms with E-state index in [4.69, 9.17) is 4.74 Å². The largest absolute Gasteiger partial charge is 0.424 e. The average molecular weight is 315 g/mol. The summed E-state index contributed by atoms with van der Waals surface area (Å²) in [7, 11) is 0. The van der Waals surface area contributed by atoms with Crippen LogP contribution in [0.1, 0.15) is 38.1 Å². The minimum absolute atomic E-state index is 0.184. The molecule has 0 aliphatic rings. The van der Waals surface area contributed by atoms with Crippen LogP contribution in [0.5, 0.6) is 11.8 Å². The van der Waals surface area contributed by atoms with E-state index < -0.39 is 0 Å². The maximum Gasteiger partial charge on any atom is 0.328 e. The van der Waals surface area contributed by atoms with Gasteiger partial charge in [-0.1, -0.05) is 0 Å². The Labute approximate surface area is 135 Å². The van der Waals surface area contributed by atoms with Crippen LogP contribution >= 0.6 is 0 Å². The number of nitrogens with zero attached hydrogens (tertiary/aromatic N) is 3. The molecule has 0 spiro atoms. The van der Waals surface area contributed by atoms with Gasteiger partial charge in [0.1, 0.15) is 12.0 Å². The van der Waals surface area contributed by atoms with Crippen LogP contribution in [0.2, 0.25) is 0 Å². The number of hydrogen-bond donors (Lipinski definition) is 2. The number of carbonyl (C=O) groups excluding carboxylic acids is 1. The minimum atomic E-state index is 0.184. The van der Waals surface area contributed by atoms with Gasteiger partial charge < -0.3 is 15.4 Å². The van der Waals surface area contributed by atoms with Gasteiger partial charge in [-0.3, -0.25) is 4.79 Å². The van der Waals surface area contributed by atoms with Crippen molar-refractivity contribution in [1.29, 1.82) is 0 Å². The summed E-state index contributed by atoms with van der Waals surface area (Å²) >= 11 is 0. The molecule has 2 N–H and O–H groups in total. The second-order valence-corrected chi connectivity index (χ2v) is 5.65. The van der Waals surface area contributed by atoms with Gasteiger partial charge in [0, 0.05) is 17.6 Å². The molecule has 0 fully saturated rings. The van der Waals surface area contributed by atoms with Crippen LogP contribution in [0, 0.1) is 0 Å². The number of nitrogens with one attached hydrogen (secondary N) is 2. The molecule has 7 heteroatoms. The van der Waals surface area contributed by atoms with Gasteiger partial charge in [0.25, 0.3) is 0 Å². The van der Waals surface area contributed by atoms with Gasteiger partial charge in [-0.15, -0.1) is 0 Å². The Balaban J connectivity index is 2.25. The topological polar surface area (TPSA) is 89.0 Å². The van der Waals surface area contributed by atoms with Gasteiger partial charge in [-0.05, 0) is 52.0 Å². The van der Waals surface area contributed by atoms with E-state index in [9.17, 15) is 4.79 Å². The van der Waals surface area contributed by atoms with E-state index in [2.05, 4.69) is 25.6 Å². The van der Waals surface area contributed by atoms with Gasteiger partial charge in [-0.25, -0.2) is 0 Å². The standard InChI is InChI=1S/C16H21N5O2/c1-10(2)17-14-19-15(18-11(3)4)21-16(20-14)23-13-7-5-12(9-22)6-8-13/h5-11H,1-4H3,(H2,17,18,19,20,21). The molecule has 1 aromatic carbocycles. The first-order chi connectivity index (χ1) is 11.0. The molecule has 0 saturated carbocycles. The number of aldehydes is 1. The molecule has 0 unspecified atom stereocenters. The number of anilines is 2. The normalized spacial score (nSPS) is 10.7. The average Bonchev–Trinajstić information content (AvgIpc) is 2.46. The summed E-state index contributed by atoms with van der Waals surface area (Å²) in [6.45, 7) is 7.99. The van der Waals surface area contributed by atoms with Crippen molar-refractivity contribution in [2.24, 2.45) is 0 Å². The number of rotatable bonds is 7. The molecule has 0 aliphatic carbocycles. The van der Waals surface area contributed by atoms with Gasteiger partial charge >= 0.3 is 6.01 Å². The summed E-state index contributed by atoms with van der Waals surface area (Å²) in [5.41, 5.74) is 0.581. The molecule has 0 amide bonds. The van der Waals surface area contributed by atoms with Crippen molar-refractivity contribution in [3.05, 3.63) is 29.8 Å². The van der Waals surface area contributed by atoms with Gasteiger partial charge in [0.05, 0.1) is 0 Å². The quantitative estimate of drug-likeness (QED) is 0.759. The lowest BCUT2D eigenvalue weighted by atomic mass is 10.2. The summed E-state index contributed by atoms with van der Waals surface area (Å²) in [4.78, 5) is 23.5. The first kappa shape index (κ1) is 16.7.